The molecule has 1 aliphatic heterocycles. The first-order chi connectivity index (χ1) is 6.59. The summed E-state index contributed by atoms with van der Waals surface area (Å²) in [6, 6.07) is 6.47. The van der Waals surface area contributed by atoms with Gasteiger partial charge in [-0.1, -0.05) is 32.9 Å². The van der Waals surface area contributed by atoms with Crippen LogP contribution in [0.4, 0.5) is 11.4 Å². The number of hydrogen-bond acceptors (Lipinski definition) is 2. The molecule has 0 bridgehead atoms. The van der Waals surface area contributed by atoms with Crippen molar-refractivity contribution in [1.29, 1.82) is 0 Å². The molecule has 0 saturated carbocycles. The summed E-state index contributed by atoms with van der Waals surface area (Å²) in [6.45, 7) is 8.78. The number of fused-ring (bicyclic) bond motifs is 1. The lowest BCUT2D eigenvalue weighted by molar-refractivity contribution is 0.591. The first-order valence-electron chi connectivity index (χ1n) is 5.20. The molecule has 0 aliphatic carbocycles. The molecule has 0 aromatic heterocycles. The third kappa shape index (κ3) is 1.57. The number of anilines is 2. The maximum Gasteiger partial charge on any atom is 0.0614 e. The highest BCUT2D eigenvalue weighted by molar-refractivity contribution is 5.75. The van der Waals surface area contributed by atoms with Gasteiger partial charge in [0.1, 0.15) is 0 Å². The van der Waals surface area contributed by atoms with Crippen molar-refractivity contribution in [2.75, 3.05) is 23.7 Å². The maximum atomic E-state index is 3.48. The van der Waals surface area contributed by atoms with Crippen molar-refractivity contribution in [1.82, 2.24) is 0 Å². The lowest BCUT2D eigenvalue weighted by Gasteiger charge is -2.28. The van der Waals surface area contributed by atoms with E-state index in [2.05, 4.69) is 49.6 Å². The van der Waals surface area contributed by atoms with Gasteiger partial charge in [0.2, 0.25) is 0 Å². The summed E-state index contributed by atoms with van der Waals surface area (Å²) in [5, 5.41) is 6.89. The zero-order valence-corrected chi connectivity index (χ0v) is 9.15. The van der Waals surface area contributed by atoms with Crippen LogP contribution in [-0.2, 0) is 5.41 Å². The summed E-state index contributed by atoms with van der Waals surface area (Å²) in [5.41, 5.74) is 4.12. The van der Waals surface area contributed by atoms with Gasteiger partial charge >= 0.3 is 0 Å². The van der Waals surface area contributed by atoms with E-state index in [4.69, 9.17) is 0 Å². The van der Waals surface area contributed by atoms with Gasteiger partial charge in [-0.2, -0.15) is 0 Å². The average molecular weight is 190 g/mol. The smallest absolute Gasteiger partial charge is 0.0614 e. The molecule has 2 heteroatoms. The largest absolute Gasteiger partial charge is 0.382 e. The standard InChI is InChI=1S/C12H18N2/c1-12(2,3)9-5-4-6-10-11(9)14-8-7-13-10/h4-6,13-14H,7-8H2,1-3H3. The van der Waals surface area contributed by atoms with Crippen LogP contribution in [0.15, 0.2) is 18.2 Å². The van der Waals surface area contributed by atoms with Crippen molar-refractivity contribution in [3.8, 4) is 0 Å². The Bertz CT molecular complexity index is 337. The number of hydrogen-bond donors (Lipinski definition) is 2. The highest BCUT2D eigenvalue weighted by atomic mass is 15.0. The molecule has 1 aliphatic rings. The van der Waals surface area contributed by atoms with Crippen LogP contribution >= 0.6 is 0 Å². The number of para-hydroxylation sites is 1. The van der Waals surface area contributed by atoms with E-state index >= 15 is 0 Å². The quantitative estimate of drug-likeness (QED) is 0.657. The Morgan fingerprint density at radius 1 is 1.07 bits per heavy atom. The first-order valence-corrected chi connectivity index (χ1v) is 5.20. The van der Waals surface area contributed by atoms with Gasteiger partial charge in [0.25, 0.3) is 0 Å². The Balaban J connectivity index is 2.51. The molecule has 2 N–H and O–H groups in total. The Kier molecular flexibility index (Phi) is 2.14. The van der Waals surface area contributed by atoms with Gasteiger partial charge in [-0.3, -0.25) is 0 Å². The van der Waals surface area contributed by atoms with Crippen LogP contribution < -0.4 is 10.6 Å². The monoisotopic (exact) mass is 190 g/mol. The second-order valence-corrected chi connectivity index (χ2v) is 4.83. The Morgan fingerprint density at radius 2 is 1.79 bits per heavy atom. The summed E-state index contributed by atoms with van der Waals surface area (Å²) >= 11 is 0. The van der Waals surface area contributed by atoms with Gasteiger partial charge in [0.05, 0.1) is 11.4 Å². The van der Waals surface area contributed by atoms with Crippen molar-refractivity contribution < 1.29 is 0 Å². The SMILES string of the molecule is CC(C)(C)c1cccc2c1NCCN2. The van der Waals surface area contributed by atoms with Gasteiger partial charge in [-0.25, -0.2) is 0 Å². The minimum atomic E-state index is 0.206. The molecule has 0 saturated heterocycles. The minimum absolute atomic E-state index is 0.206. The predicted molar refractivity (Wildman–Crippen MR) is 62.1 cm³/mol. The number of nitrogens with one attached hydrogen (secondary N) is 2. The maximum absolute atomic E-state index is 3.48. The molecular weight excluding hydrogens is 172 g/mol. The molecule has 0 fully saturated rings. The minimum Gasteiger partial charge on any atom is -0.382 e. The van der Waals surface area contributed by atoms with E-state index in [0.717, 1.165) is 13.1 Å². The van der Waals surface area contributed by atoms with Gasteiger partial charge in [-0.05, 0) is 17.0 Å². The van der Waals surface area contributed by atoms with E-state index in [9.17, 15) is 0 Å². The Hall–Kier alpha value is -1.18. The topological polar surface area (TPSA) is 24.1 Å². The zero-order valence-electron chi connectivity index (χ0n) is 9.15. The second kappa shape index (κ2) is 3.19. The lowest BCUT2D eigenvalue weighted by Crippen LogP contribution is -2.24. The third-order valence-corrected chi connectivity index (χ3v) is 2.61. The van der Waals surface area contributed by atoms with E-state index in [0.29, 0.717) is 0 Å². The van der Waals surface area contributed by atoms with Crippen LogP contribution in [0, 0.1) is 0 Å². The van der Waals surface area contributed by atoms with Gasteiger partial charge in [0.15, 0.2) is 0 Å². The fraction of sp³-hybridized carbons (Fsp3) is 0.500. The van der Waals surface area contributed by atoms with Crippen LogP contribution in [0.25, 0.3) is 0 Å². The van der Waals surface area contributed by atoms with Gasteiger partial charge in [0, 0.05) is 13.1 Å². The molecule has 0 amide bonds. The molecule has 2 rings (SSSR count). The molecule has 76 valence electrons. The summed E-state index contributed by atoms with van der Waals surface area (Å²) in [7, 11) is 0. The fourth-order valence-electron chi connectivity index (χ4n) is 1.90. The fourth-order valence-corrected chi connectivity index (χ4v) is 1.90. The second-order valence-electron chi connectivity index (χ2n) is 4.83. The molecule has 1 heterocycles. The van der Waals surface area contributed by atoms with Crippen molar-refractivity contribution in [2.24, 2.45) is 0 Å². The predicted octanol–water partition coefficient (Wildman–Crippen LogP) is 2.82. The van der Waals surface area contributed by atoms with E-state index in [1.54, 1.807) is 0 Å². The van der Waals surface area contributed by atoms with Crippen molar-refractivity contribution in [2.45, 2.75) is 26.2 Å². The van der Waals surface area contributed by atoms with Crippen LogP contribution in [0.3, 0.4) is 0 Å². The molecule has 1 aromatic rings. The van der Waals surface area contributed by atoms with Crippen LogP contribution in [0.2, 0.25) is 0 Å². The average Bonchev–Trinajstić information content (AvgIpc) is 2.15. The molecular formula is C12H18N2. The highest BCUT2D eigenvalue weighted by Crippen LogP contribution is 2.35. The molecule has 2 nitrogen and oxygen atoms in total. The van der Waals surface area contributed by atoms with Crippen LogP contribution in [0.1, 0.15) is 26.3 Å². The van der Waals surface area contributed by atoms with Crippen molar-refractivity contribution in [3.63, 3.8) is 0 Å². The van der Waals surface area contributed by atoms with Crippen LogP contribution in [0.5, 0.6) is 0 Å². The van der Waals surface area contributed by atoms with E-state index in [1.807, 2.05) is 0 Å². The van der Waals surface area contributed by atoms with Crippen molar-refractivity contribution in [3.05, 3.63) is 23.8 Å². The molecule has 14 heavy (non-hydrogen) atoms. The molecule has 0 unspecified atom stereocenters. The molecule has 0 radical (unpaired) electrons. The van der Waals surface area contributed by atoms with Gasteiger partial charge < -0.3 is 10.6 Å². The normalized spacial score (nSPS) is 15.4. The summed E-state index contributed by atoms with van der Waals surface area (Å²) < 4.78 is 0. The molecule has 0 atom stereocenters. The Labute approximate surface area is 85.7 Å². The number of benzene rings is 1. The van der Waals surface area contributed by atoms with E-state index < -0.39 is 0 Å². The Morgan fingerprint density at radius 3 is 2.50 bits per heavy atom. The molecule has 1 aromatic carbocycles. The van der Waals surface area contributed by atoms with Crippen LogP contribution in [-0.4, -0.2) is 13.1 Å². The molecule has 0 spiro atoms. The lowest BCUT2D eigenvalue weighted by atomic mass is 9.85. The first kappa shape index (κ1) is 9.38. The van der Waals surface area contributed by atoms with E-state index in [-0.39, 0.29) is 5.41 Å². The van der Waals surface area contributed by atoms with E-state index in [1.165, 1.54) is 16.9 Å². The third-order valence-electron chi connectivity index (χ3n) is 2.61. The van der Waals surface area contributed by atoms with Gasteiger partial charge in [-0.15, -0.1) is 0 Å². The summed E-state index contributed by atoms with van der Waals surface area (Å²) in [4.78, 5) is 0. The summed E-state index contributed by atoms with van der Waals surface area (Å²) in [6.07, 6.45) is 0. The number of rotatable bonds is 0. The van der Waals surface area contributed by atoms with Crippen molar-refractivity contribution >= 4 is 11.4 Å². The zero-order chi connectivity index (χ0) is 10.2. The highest BCUT2D eigenvalue weighted by Gasteiger charge is 2.21. The summed E-state index contributed by atoms with van der Waals surface area (Å²) in [5.74, 6) is 0.